The third-order valence-corrected chi connectivity index (χ3v) is 4.28. The van der Waals surface area contributed by atoms with E-state index in [1.165, 1.54) is 24.7 Å². The van der Waals surface area contributed by atoms with Crippen molar-refractivity contribution in [3.8, 4) is 0 Å². The number of anilines is 5. The lowest BCUT2D eigenvalue weighted by Crippen LogP contribution is -2.05. The molecule has 1 heterocycles. The molecule has 0 amide bonds. The van der Waals surface area contributed by atoms with Crippen LogP contribution in [0.3, 0.4) is 0 Å². The highest BCUT2D eigenvalue weighted by atomic mass is 35.5. The van der Waals surface area contributed by atoms with Crippen LogP contribution in [0.4, 0.5) is 28.7 Å². The molecule has 0 atom stereocenters. The maximum Gasteiger partial charge on any atom is 0.159 e. The molecule has 0 aliphatic carbocycles. The van der Waals surface area contributed by atoms with Crippen molar-refractivity contribution in [1.29, 1.82) is 0 Å². The maximum absolute atomic E-state index is 6.23. The summed E-state index contributed by atoms with van der Waals surface area (Å²) in [7, 11) is 0. The van der Waals surface area contributed by atoms with E-state index in [0.29, 0.717) is 22.3 Å². The minimum atomic E-state index is 0.456. The summed E-state index contributed by atoms with van der Waals surface area (Å²) < 4.78 is 0. The fraction of sp³-hybridized carbons (Fsp3) is 0.200. The largest absolute Gasteiger partial charge is 0.393 e. The van der Waals surface area contributed by atoms with Gasteiger partial charge in [0.25, 0.3) is 0 Å². The molecule has 26 heavy (non-hydrogen) atoms. The number of halogens is 1. The minimum Gasteiger partial charge on any atom is -0.393 e. The van der Waals surface area contributed by atoms with Crippen LogP contribution in [-0.2, 0) is 6.42 Å². The summed E-state index contributed by atoms with van der Waals surface area (Å²) >= 11 is 5.91. The first-order chi connectivity index (χ1) is 12.7. The van der Waals surface area contributed by atoms with E-state index in [4.69, 9.17) is 17.3 Å². The summed E-state index contributed by atoms with van der Waals surface area (Å²) in [5.74, 6) is 1.11. The van der Waals surface area contributed by atoms with Crippen molar-refractivity contribution in [2.24, 2.45) is 0 Å². The highest BCUT2D eigenvalue weighted by Gasteiger charge is 2.09. The van der Waals surface area contributed by atoms with Gasteiger partial charge in [-0.05, 0) is 54.8 Å². The zero-order valence-electron chi connectivity index (χ0n) is 14.7. The number of hydrogen-bond acceptors (Lipinski definition) is 5. The Labute approximate surface area is 158 Å². The van der Waals surface area contributed by atoms with E-state index in [-0.39, 0.29) is 0 Å². The van der Waals surface area contributed by atoms with Gasteiger partial charge in [-0.2, -0.15) is 0 Å². The number of nitrogen functional groups attached to an aromatic ring is 1. The molecular formula is C20H22ClN5. The lowest BCUT2D eigenvalue weighted by atomic mass is 10.1. The van der Waals surface area contributed by atoms with E-state index < -0.39 is 0 Å². The molecule has 0 aliphatic heterocycles. The first kappa shape index (κ1) is 18.0. The molecule has 0 spiro atoms. The Kier molecular flexibility index (Phi) is 5.92. The van der Waals surface area contributed by atoms with Crippen molar-refractivity contribution < 1.29 is 0 Å². The zero-order valence-corrected chi connectivity index (χ0v) is 15.4. The molecule has 1 aromatic heterocycles. The highest BCUT2D eigenvalue weighted by Crippen LogP contribution is 2.28. The minimum absolute atomic E-state index is 0.456. The highest BCUT2D eigenvalue weighted by molar-refractivity contribution is 6.30. The van der Waals surface area contributed by atoms with Crippen molar-refractivity contribution >= 4 is 40.3 Å². The summed E-state index contributed by atoms with van der Waals surface area (Å²) in [6.07, 6.45) is 4.97. The van der Waals surface area contributed by atoms with Gasteiger partial charge in [-0.25, -0.2) is 9.97 Å². The molecule has 5 nitrogen and oxygen atoms in total. The Bertz CT molecular complexity index is 847. The number of nitrogens with two attached hydrogens (primary N) is 1. The van der Waals surface area contributed by atoms with Crippen LogP contribution < -0.4 is 16.4 Å². The fourth-order valence-electron chi connectivity index (χ4n) is 2.54. The van der Waals surface area contributed by atoms with Crippen molar-refractivity contribution in [3.05, 3.63) is 65.4 Å². The monoisotopic (exact) mass is 367 g/mol. The Balaban J connectivity index is 1.73. The number of benzene rings is 2. The molecule has 3 rings (SSSR count). The normalized spacial score (nSPS) is 10.5. The van der Waals surface area contributed by atoms with Crippen LogP contribution in [0.15, 0.2) is 54.9 Å². The third-order valence-electron chi connectivity index (χ3n) is 4.03. The van der Waals surface area contributed by atoms with Crippen LogP contribution in [0.5, 0.6) is 0 Å². The second-order valence-corrected chi connectivity index (χ2v) is 6.48. The molecule has 0 radical (unpaired) electrons. The number of nitrogens with zero attached hydrogens (tertiary/aromatic N) is 2. The number of nitrogens with one attached hydrogen (secondary N) is 2. The van der Waals surface area contributed by atoms with E-state index in [1.54, 1.807) is 12.1 Å². The predicted octanol–water partition coefficient (Wildman–Crippen LogP) is 5.54. The summed E-state index contributed by atoms with van der Waals surface area (Å²) in [5.41, 5.74) is 9.81. The van der Waals surface area contributed by atoms with Gasteiger partial charge in [0, 0.05) is 16.4 Å². The van der Waals surface area contributed by atoms with Gasteiger partial charge in [0.15, 0.2) is 11.6 Å². The Morgan fingerprint density at radius 3 is 1.96 bits per heavy atom. The standard InChI is InChI=1S/C20H22ClN5/c1-2-3-4-14-5-9-16(10-6-14)25-19-18(22)20(24-13-23-19)26-17-11-7-15(21)8-12-17/h5-13H,2-4,22H2,1H3,(H2,23,24,25,26). The molecule has 134 valence electrons. The van der Waals surface area contributed by atoms with Gasteiger partial charge in [-0.15, -0.1) is 0 Å². The molecule has 4 N–H and O–H groups in total. The predicted molar refractivity (Wildman–Crippen MR) is 110 cm³/mol. The molecule has 0 fully saturated rings. The lowest BCUT2D eigenvalue weighted by molar-refractivity contribution is 0.795. The quantitative estimate of drug-likeness (QED) is 0.511. The van der Waals surface area contributed by atoms with Crippen molar-refractivity contribution in [2.75, 3.05) is 16.4 Å². The van der Waals surface area contributed by atoms with Crippen LogP contribution in [-0.4, -0.2) is 9.97 Å². The average molecular weight is 368 g/mol. The van der Waals surface area contributed by atoms with Gasteiger partial charge in [-0.3, -0.25) is 0 Å². The van der Waals surface area contributed by atoms with E-state index in [1.807, 2.05) is 24.3 Å². The topological polar surface area (TPSA) is 75.9 Å². The Morgan fingerprint density at radius 1 is 0.885 bits per heavy atom. The molecule has 3 aromatic rings. The molecule has 0 aliphatic rings. The van der Waals surface area contributed by atoms with Gasteiger partial charge in [0.1, 0.15) is 12.0 Å². The van der Waals surface area contributed by atoms with Gasteiger partial charge in [0.05, 0.1) is 0 Å². The molecule has 0 bridgehead atoms. The van der Waals surface area contributed by atoms with E-state index in [9.17, 15) is 0 Å². The van der Waals surface area contributed by atoms with Crippen LogP contribution >= 0.6 is 11.6 Å². The SMILES string of the molecule is CCCCc1ccc(Nc2ncnc(Nc3ccc(Cl)cc3)c2N)cc1. The number of unbranched alkanes of at least 4 members (excludes halogenated alkanes) is 1. The van der Waals surface area contributed by atoms with Crippen molar-refractivity contribution in [2.45, 2.75) is 26.2 Å². The molecule has 0 saturated heterocycles. The molecule has 0 unspecified atom stereocenters. The van der Waals surface area contributed by atoms with E-state index in [2.05, 4.69) is 39.7 Å². The zero-order chi connectivity index (χ0) is 18.4. The van der Waals surface area contributed by atoms with Crippen LogP contribution in [0.25, 0.3) is 0 Å². The number of rotatable bonds is 7. The summed E-state index contributed by atoms with van der Waals surface area (Å²) in [5, 5.41) is 7.11. The number of aromatic nitrogens is 2. The van der Waals surface area contributed by atoms with Crippen LogP contribution in [0.1, 0.15) is 25.3 Å². The van der Waals surface area contributed by atoms with Crippen molar-refractivity contribution in [3.63, 3.8) is 0 Å². The van der Waals surface area contributed by atoms with Gasteiger partial charge < -0.3 is 16.4 Å². The maximum atomic E-state index is 6.23. The van der Waals surface area contributed by atoms with E-state index in [0.717, 1.165) is 17.8 Å². The molecule has 0 saturated carbocycles. The summed E-state index contributed by atoms with van der Waals surface area (Å²) in [4.78, 5) is 8.48. The number of aryl methyl sites for hydroxylation is 1. The van der Waals surface area contributed by atoms with E-state index >= 15 is 0 Å². The summed E-state index contributed by atoms with van der Waals surface area (Å²) in [6.45, 7) is 2.20. The Hall–Kier alpha value is -2.79. The van der Waals surface area contributed by atoms with Gasteiger partial charge in [0.2, 0.25) is 0 Å². The van der Waals surface area contributed by atoms with Crippen LogP contribution in [0.2, 0.25) is 5.02 Å². The molecule has 6 heteroatoms. The second kappa shape index (κ2) is 8.54. The first-order valence-electron chi connectivity index (χ1n) is 8.64. The van der Waals surface area contributed by atoms with Crippen molar-refractivity contribution in [1.82, 2.24) is 9.97 Å². The molecular weight excluding hydrogens is 346 g/mol. The fourth-order valence-corrected chi connectivity index (χ4v) is 2.66. The average Bonchev–Trinajstić information content (AvgIpc) is 2.66. The number of hydrogen-bond donors (Lipinski definition) is 3. The van der Waals surface area contributed by atoms with Gasteiger partial charge >= 0.3 is 0 Å². The second-order valence-electron chi connectivity index (χ2n) is 6.04. The summed E-state index contributed by atoms with van der Waals surface area (Å²) in [6, 6.07) is 15.7. The Morgan fingerprint density at radius 2 is 1.42 bits per heavy atom. The smallest absolute Gasteiger partial charge is 0.159 e. The third kappa shape index (κ3) is 4.64. The molecule has 2 aromatic carbocycles. The van der Waals surface area contributed by atoms with Crippen LogP contribution in [0, 0.1) is 0 Å². The lowest BCUT2D eigenvalue weighted by Gasteiger charge is -2.13. The first-order valence-corrected chi connectivity index (χ1v) is 9.02. The van der Waals surface area contributed by atoms with Gasteiger partial charge in [-0.1, -0.05) is 37.1 Å².